The number of benzene rings is 1. The summed E-state index contributed by atoms with van der Waals surface area (Å²) in [7, 11) is 1.95. The lowest BCUT2D eigenvalue weighted by molar-refractivity contribution is -0.130. The van der Waals surface area contributed by atoms with Gasteiger partial charge in [-0.05, 0) is 42.0 Å². The first-order valence-electron chi connectivity index (χ1n) is 10.9. The van der Waals surface area contributed by atoms with Gasteiger partial charge >= 0.3 is 0 Å². The molecule has 2 heterocycles. The molecule has 0 radical (unpaired) electrons. The molecular formula is C26H29ClN4O2. The molecule has 0 aliphatic carbocycles. The van der Waals surface area contributed by atoms with Crippen LogP contribution < -0.4 is 0 Å². The Morgan fingerprint density at radius 1 is 1.30 bits per heavy atom. The summed E-state index contributed by atoms with van der Waals surface area (Å²) in [6, 6.07) is 11.6. The third-order valence-corrected chi connectivity index (χ3v) is 6.04. The van der Waals surface area contributed by atoms with Gasteiger partial charge in [0.15, 0.2) is 0 Å². The molecule has 2 aromatic rings. The largest absolute Gasteiger partial charge is 0.361 e. The highest BCUT2D eigenvalue weighted by atomic mass is 35.5. The summed E-state index contributed by atoms with van der Waals surface area (Å²) >= 11 is 5.89. The Kier molecular flexibility index (Phi) is 8.55. The number of allylic oxidation sites excluding steroid dienone is 2. The molecule has 1 atom stereocenters. The van der Waals surface area contributed by atoms with E-state index in [1.54, 1.807) is 25.5 Å². The van der Waals surface area contributed by atoms with Crippen LogP contribution in [0.1, 0.15) is 36.5 Å². The number of piperidine rings is 1. The van der Waals surface area contributed by atoms with Gasteiger partial charge in [0, 0.05) is 50.9 Å². The molecule has 1 aromatic heterocycles. The van der Waals surface area contributed by atoms with Gasteiger partial charge in [-0.15, -0.1) is 0 Å². The maximum atomic E-state index is 11.8. The molecule has 1 fully saturated rings. The van der Waals surface area contributed by atoms with E-state index in [9.17, 15) is 9.59 Å². The normalized spacial score (nSPS) is 16.6. The number of carbonyl (C=O) groups is 2. The second-order valence-electron chi connectivity index (χ2n) is 8.17. The van der Waals surface area contributed by atoms with Gasteiger partial charge in [0.1, 0.15) is 11.4 Å². The average molecular weight is 465 g/mol. The number of halogens is 1. The molecule has 6 nitrogen and oxygen atoms in total. The number of aromatic nitrogens is 1. The SMILES string of the molecule is C=C(Cc1ccc(Cl)nc1)c1ccccc1/C(=C/C=O)N=CN(C)C1CCCN(C(C)=O)C1. The van der Waals surface area contributed by atoms with E-state index in [0.29, 0.717) is 23.8 Å². The lowest BCUT2D eigenvalue weighted by Crippen LogP contribution is -2.47. The number of pyridine rings is 1. The molecule has 3 rings (SSSR count). The summed E-state index contributed by atoms with van der Waals surface area (Å²) < 4.78 is 0. The lowest BCUT2D eigenvalue weighted by Gasteiger charge is -2.36. The van der Waals surface area contributed by atoms with Crippen molar-refractivity contribution in [3.05, 3.63) is 77.1 Å². The number of rotatable bonds is 8. The fourth-order valence-corrected chi connectivity index (χ4v) is 4.07. The van der Waals surface area contributed by atoms with Crippen LogP contribution in [0.25, 0.3) is 11.3 Å². The monoisotopic (exact) mass is 464 g/mol. The van der Waals surface area contributed by atoms with Crippen molar-refractivity contribution in [1.82, 2.24) is 14.8 Å². The zero-order valence-electron chi connectivity index (χ0n) is 19.1. The number of amides is 1. The van der Waals surface area contributed by atoms with Gasteiger partial charge in [-0.2, -0.15) is 0 Å². The predicted molar refractivity (Wildman–Crippen MR) is 134 cm³/mol. The highest BCUT2D eigenvalue weighted by Gasteiger charge is 2.23. The molecule has 1 aliphatic rings. The Hall–Kier alpha value is -3.25. The van der Waals surface area contributed by atoms with E-state index >= 15 is 0 Å². The molecule has 7 heteroatoms. The Labute approximate surface area is 200 Å². The number of likely N-dealkylation sites (N-methyl/N-ethyl adjacent to an activating group) is 1. The minimum atomic E-state index is 0.0925. The van der Waals surface area contributed by atoms with Crippen molar-refractivity contribution in [2.75, 3.05) is 20.1 Å². The van der Waals surface area contributed by atoms with E-state index in [4.69, 9.17) is 11.6 Å². The summed E-state index contributed by atoms with van der Waals surface area (Å²) in [6.45, 7) is 7.34. The van der Waals surface area contributed by atoms with Crippen LogP contribution in [0.4, 0.5) is 0 Å². The second-order valence-corrected chi connectivity index (χ2v) is 8.56. The topological polar surface area (TPSA) is 65.9 Å². The van der Waals surface area contributed by atoms with Crippen molar-refractivity contribution in [1.29, 1.82) is 0 Å². The quantitative estimate of drug-likeness (QED) is 0.190. The van der Waals surface area contributed by atoms with E-state index in [1.165, 1.54) is 6.08 Å². The maximum Gasteiger partial charge on any atom is 0.219 e. The van der Waals surface area contributed by atoms with Crippen molar-refractivity contribution in [2.45, 2.75) is 32.2 Å². The number of aldehydes is 1. The maximum absolute atomic E-state index is 11.8. The van der Waals surface area contributed by atoms with Crippen molar-refractivity contribution >= 4 is 41.4 Å². The molecule has 1 unspecified atom stereocenters. The van der Waals surface area contributed by atoms with Crippen LogP contribution in [0.3, 0.4) is 0 Å². The molecule has 1 saturated heterocycles. The Morgan fingerprint density at radius 2 is 2.06 bits per heavy atom. The van der Waals surface area contributed by atoms with Gasteiger partial charge in [-0.25, -0.2) is 9.98 Å². The average Bonchev–Trinajstić information content (AvgIpc) is 2.83. The number of hydrogen-bond donors (Lipinski definition) is 0. The zero-order chi connectivity index (χ0) is 23.8. The van der Waals surface area contributed by atoms with Crippen molar-refractivity contribution < 1.29 is 9.59 Å². The zero-order valence-corrected chi connectivity index (χ0v) is 19.8. The fourth-order valence-electron chi connectivity index (χ4n) is 3.95. The molecule has 0 saturated carbocycles. The molecule has 0 spiro atoms. The van der Waals surface area contributed by atoms with Gasteiger partial charge in [0.05, 0.1) is 12.0 Å². The van der Waals surface area contributed by atoms with Gasteiger partial charge in [-0.3, -0.25) is 9.59 Å². The van der Waals surface area contributed by atoms with E-state index in [0.717, 1.165) is 47.9 Å². The predicted octanol–water partition coefficient (Wildman–Crippen LogP) is 4.50. The molecule has 0 bridgehead atoms. The second kappa shape index (κ2) is 11.6. The number of hydrogen-bond acceptors (Lipinski definition) is 4. The van der Waals surface area contributed by atoms with Crippen LogP contribution in [-0.4, -0.2) is 59.5 Å². The summed E-state index contributed by atoms with van der Waals surface area (Å²) in [5, 5.41) is 0.448. The molecule has 1 aliphatic heterocycles. The molecule has 1 aromatic carbocycles. The fraction of sp³-hybridized carbons (Fsp3) is 0.308. The van der Waals surface area contributed by atoms with E-state index < -0.39 is 0 Å². The Balaban J connectivity index is 1.80. The summed E-state index contributed by atoms with van der Waals surface area (Å²) in [5.41, 5.74) is 4.19. The van der Waals surface area contributed by atoms with Crippen LogP contribution in [0.5, 0.6) is 0 Å². The minimum Gasteiger partial charge on any atom is -0.361 e. The summed E-state index contributed by atoms with van der Waals surface area (Å²) in [5.74, 6) is 0.0925. The molecular weight excluding hydrogens is 436 g/mol. The number of likely N-dealkylation sites (tertiary alicyclic amines) is 1. The molecule has 172 valence electrons. The third-order valence-electron chi connectivity index (χ3n) is 5.81. The van der Waals surface area contributed by atoms with Gasteiger partial charge in [0.25, 0.3) is 0 Å². The van der Waals surface area contributed by atoms with Gasteiger partial charge in [0.2, 0.25) is 5.91 Å². The van der Waals surface area contributed by atoms with Crippen molar-refractivity contribution in [3.63, 3.8) is 0 Å². The van der Waals surface area contributed by atoms with E-state index in [-0.39, 0.29) is 11.9 Å². The highest BCUT2D eigenvalue weighted by molar-refractivity contribution is 6.29. The smallest absolute Gasteiger partial charge is 0.219 e. The van der Waals surface area contributed by atoms with Crippen molar-refractivity contribution in [2.24, 2.45) is 4.99 Å². The molecule has 0 N–H and O–H groups in total. The van der Waals surface area contributed by atoms with Crippen LogP contribution in [-0.2, 0) is 16.0 Å². The highest BCUT2D eigenvalue weighted by Crippen LogP contribution is 2.28. The van der Waals surface area contributed by atoms with Crippen LogP contribution in [0.2, 0.25) is 5.15 Å². The Morgan fingerprint density at radius 3 is 2.73 bits per heavy atom. The molecule has 33 heavy (non-hydrogen) atoms. The first-order valence-corrected chi connectivity index (χ1v) is 11.3. The number of aliphatic imine (C=N–C) groups is 1. The van der Waals surface area contributed by atoms with Crippen LogP contribution >= 0.6 is 11.6 Å². The summed E-state index contributed by atoms with van der Waals surface area (Å²) in [6.07, 6.45) is 8.23. The van der Waals surface area contributed by atoms with Gasteiger partial charge in [-0.1, -0.05) is 48.5 Å². The first-order chi connectivity index (χ1) is 15.9. The minimum absolute atomic E-state index is 0.0925. The van der Waals surface area contributed by atoms with Crippen LogP contribution in [0, 0.1) is 0 Å². The first kappa shape index (κ1) is 24.4. The van der Waals surface area contributed by atoms with Crippen LogP contribution in [0.15, 0.2) is 60.2 Å². The van der Waals surface area contributed by atoms with Crippen molar-refractivity contribution in [3.8, 4) is 0 Å². The Bertz CT molecular complexity index is 1060. The van der Waals surface area contributed by atoms with Gasteiger partial charge < -0.3 is 9.80 Å². The van der Waals surface area contributed by atoms with E-state index in [1.807, 2.05) is 47.2 Å². The molecule has 1 amide bonds. The van der Waals surface area contributed by atoms with E-state index in [2.05, 4.69) is 16.6 Å². The lowest BCUT2D eigenvalue weighted by atomic mass is 9.94. The third kappa shape index (κ3) is 6.62. The number of carbonyl (C=O) groups excluding carboxylic acids is 2. The number of nitrogens with zero attached hydrogens (tertiary/aromatic N) is 4. The standard InChI is InChI=1S/C26H29ClN4O2/c1-19(15-21-10-11-26(27)28-16-21)23-8-4-5-9-24(23)25(12-14-32)29-18-30(3)22-7-6-13-31(17-22)20(2)33/h4-5,8-12,14,16,18,22H,1,6-7,13,15,17H2,2-3H3/b25-12-,29-18?. The summed E-state index contributed by atoms with van der Waals surface area (Å²) in [4.78, 5) is 35.8.